The molecular formula is C56H36N6. The molecule has 0 N–H and O–H groups in total. The highest BCUT2D eigenvalue weighted by Crippen LogP contribution is 2.37. The Labute approximate surface area is 356 Å². The molecule has 0 atom stereocenters. The van der Waals surface area contributed by atoms with Crippen LogP contribution in [-0.2, 0) is 0 Å². The average Bonchev–Trinajstić information content (AvgIpc) is 4.08. The summed E-state index contributed by atoms with van der Waals surface area (Å²) in [4.78, 5) is 10.5. The van der Waals surface area contributed by atoms with Crippen molar-refractivity contribution in [3.63, 3.8) is 0 Å². The fourth-order valence-electron chi connectivity index (χ4n) is 9.43. The molecule has 13 aromatic rings. The van der Waals surface area contributed by atoms with Crippen molar-refractivity contribution in [1.29, 1.82) is 0 Å². The molecule has 6 heteroatoms. The van der Waals surface area contributed by atoms with Gasteiger partial charge in [0.25, 0.3) is 0 Å². The largest absolute Gasteiger partial charge is 0.278 e. The Morgan fingerprint density at radius 3 is 1.08 bits per heavy atom. The Morgan fingerprint density at radius 2 is 0.597 bits per heavy atom. The predicted octanol–water partition coefficient (Wildman–Crippen LogP) is 13.8. The van der Waals surface area contributed by atoms with Gasteiger partial charge >= 0.3 is 0 Å². The summed E-state index contributed by atoms with van der Waals surface area (Å²) in [6.07, 6.45) is 0. The van der Waals surface area contributed by atoms with E-state index in [1.165, 1.54) is 27.8 Å². The first-order valence-corrected chi connectivity index (χ1v) is 21.0. The van der Waals surface area contributed by atoms with Gasteiger partial charge in [-0.25, -0.2) is 9.97 Å². The van der Waals surface area contributed by atoms with Crippen molar-refractivity contribution in [3.05, 3.63) is 218 Å². The monoisotopic (exact) mass is 792 g/mol. The van der Waals surface area contributed by atoms with Crippen LogP contribution in [0.4, 0.5) is 0 Å². The Morgan fingerprint density at radius 1 is 0.242 bits per heavy atom. The van der Waals surface area contributed by atoms with E-state index >= 15 is 0 Å². The van der Waals surface area contributed by atoms with Crippen LogP contribution in [0.2, 0.25) is 0 Å². The number of nitrogens with zero attached hydrogens (tertiary/aromatic N) is 6. The first kappa shape index (κ1) is 34.4. The lowest BCUT2D eigenvalue weighted by atomic mass is 10.00. The highest BCUT2D eigenvalue weighted by atomic mass is 15.2. The summed E-state index contributed by atoms with van der Waals surface area (Å²) in [5, 5.41) is 0. The third-order valence-electron chi connectivity index (χ3n) is 12.4. The van der Waals surface area contributed by atoms with E-state index in [1.807, 2.05) is 0 Å². The van der Waals surface area contributed by atoms with Crippen LogP contribution in [0, 0.1) is 0 Å². The van der Waals surface area contributed by atoms with E-state index in [2.05, 4.69) is 236 Å². The van der Waals surface area contributed by atoms with E-state index in [4.69, 9.17) is 9.97 Å². The van der Waals surface area contributed by atoms with Crippen LogP contribution in [0.25, 0.3) is 112 Å². The van der Waals surface area contributed by atoms with Gasteiger partial charge in [-0.3, -0.25) is 17.9 Å². The number of aromatic nitrogens is 6. The lowest BCUT2D eigenvalue weighted by molar-refractivity contribution is 1.11. The smallest absolute Gasteiger partial charge is 0.220 e. The van der Waals surface area contributed by atoms with Crippen LogP contribution in [0.3, 0.4) is 0 Å². The van der Waals surface area contributed by atoms with Gasteiger partial charge in [-0.05, 0) is 117 Å². The van der Waals surface area contributed by atoms with Crippen LogP contribution in [0.1, 0.15) is 0 Å². The number of imidazole rings is 4. The summed E-state index contributed by atoms with van der Waals surface area (Å²) in [6, 6.07) is 78.0. The minimum Gasteiger partial charge on any atom is -0.278 e. The standard InChI is InChI=1S/C56H36N6/c1-3-13-37(14-4-1)39-25-27-40(28-26-39)42-18-12-20-46(34-42)60-52-32-30-44(36-54(52)62-50-24-10-8-22-48(50)58-56(60)62)43-29-31-51-53(35-43)61-49-23-9-7-21-47(49)57-55(61)59(51)45-19-11-17-41(33-45)38-15-5-2-6-16-38/h1-36H. The molecule has 9 aromatic carbocycles. The lowest BCUT2D eigenvalue weighted by Crippen LogP contribution is -1.96. The van der Waals surface area contributed by atoms with Gasteiger partial charge in [-0.1, -0.05) is 146 Å². The Hall–Kier alpha value is -8.48. The molecule has 0 unspecified atom stereocenters. The zero-order chi connectivity index (χ0) is 40.7. The Balaban J connectivity index is 0.972. The average molecular weight is 793 g/mol. The van der Waals surface area contributed by atoms with Crippen LogP contribution in [-0.4, -0.2) is 27.9 Å². The fourth-order valence-corrected chi connectivity index (χ4v) is 9.43. The van der Waals surface area contributed by atoms with Crippen molar-refractivity contribution in [2.45, 2.75) is 0 Å². The molecule has 6 nitrogen and oxygen atoms in total. The van der Waals surface area contributed by atoms with E-state index < -0.39 is 0 Å². The molecule has 0 amide bonds. The van der Waals surface area contributed by atoms with Gasteiger partial charge < -0.3 is 0 Å². The van der Waals surface area contributed by atoms with Crippen molar-refractivity contribution in [1.82, 2.24) is 27.9 Å². The molecule has 0 saturated heterocycles. The minimum atomic E-state index is 0.881. The summed E-state index contributed by atoms with van der Waals surface area (Å²) >= 11 is 0. The zero-order valence-electron chi connectivity index (χ0n) is 33.5. The summed E-state index contributed by atoms with van der Waals surface area (Å²) < 4.78 is 9.21. The van der Waals surface area contributed by atoms with Crippen LogP contribution >= 0.6 is 0 Å². The molecule has 0 aliphatic heterocycles. The van der Waals surface area contributed by atoms with E-state index in [9.17, 15) is 0 Å². The van der Waals surface area contributed by atoms with Gasteiger partial charge in [-0.15, -0.1) is 0 Å². The van der Waals surface area contributed by atoms with Crippen LogP contribution < -0.4 is 0 Å². The van der Waals surface area contributed by atoms with Crippen LogP contribution in [0.15, 0.2) is 218 Å². The normalized spacial score (nSPS) is 11.9. The fraction of sp³-hybridized carbons (Fsp3) is 0. The maximum Gasteiger partial charge on any atom is 0.220 e. The molecule has 0 fully saturated rings. The second-order valence-corrected chi connectivity index (χ2v) is 16.0. The predicted molar refractivity (Wildman–Crippen MR) is 254 cm³/mol. The summed E-state index contributed by atoms with van der Waals surface area (Å²) in [5.74, 6) is 1.77. The molecule has 0 spiro atoms. The molecule has 290 valence electrons. The maximum atomic E-state index is 5.25. The summed E-state index contributed by atoms with van der Waals surface area (Å²) in [6.45, 7) is 0. The van der Waals surface area contributed by atoms with Crippen molar-refractivity contribution < 1.29 is 0 Å². The topological polar surface area (TPSA) is 44.5 Å². The highest BCUT2D eigenvalue weighted by molar-refractivity contribution is 5.97. The van der Waals surface area contributed by atoms with Crippen LogP contribution in [0.5, 0.6) is 0 Å². The Kier molecular flexibility index (Phi) is 7.50. The molecule has 0 saturated carbocycles. The third-order valence-corrected chi connectivity index (χ3v) is 12.4. The molecule has 62 heavy (non-hydrogen) atoms. The minimum absolute atomic E-state index is 0.881. The zero-order valence-corrected chi connectivity index (χ0v) is 33.5. The van der Waals surface area contributed by atoms with Gasteiger partial charge in [0.2, 0.25) is 11.6 Å². The van der Waals surface area contributed by atoms with E-state index in [1.54, 1.807) is 0 Å². The van der Waals surface area contributed by atoms with E-state index in [0.717, 1.165) is 83.8 Å². The number of rotatable bonds is 6. The molecule has 4 heterocycles. The van der Waals surface area contributed by atoms with Crippen molar-refractivity contribution in [2.24, 2.45) is 0 Å². The quantitative estimate of drug-likeness (QED) is 0.168. The second-order valence-electron chi connectivity index (χ2n) is 16.0. The van der Waals surface area contributed by atoms with Gasteiger partial charge in [-0.2, -0.15) is 0 Å². The van der Waals surface area contributed by atoms with Gasteiger partial charge in [0, 0.05) is 11.4 Å². The van der Waals surface area contributed by atoms with E-state index in [0.29, 0.717) is 0 Å². The highest BCUT2D eigenvalue weighted by Gasteiger charge is 2.21. The number of fused-ring (bicyclic) bond motifs is 10. The third kappa shape index (κ3) is 5.30. The molecule has 13 rings (SSSR count). The van der Waals surface area contributed by atoms with Gasteiger partial charge in [0.05, 0.1) is 44.1 Å². The molecule has 0 bridgehead atoms. The van der Waals surface area contributed by atoms with E-state index in [-0.39, 0.29) is 0 Å². The Bertz CT molecular complexity index is 3850. The van der Waals surface area contributed by atoms with Crippen molar-refractivity contribution in [3.8, 4) is 55.9 Å². The first-order chi connectivity index (χ1) is 30.7. The van der Waals surface area contributed by atoms with Gasteiger partial charge in [0.1, 0.15) is 0 Å². The lowest BCUT2D eigenvalue weighted by Gasteiger charge is -2.10. The summed E-state index contributed by atoms with van der Waals surface area (Å²) in [5.41, 5.74) is 19.9. The number of para-hydroxylation sites is 4. The maximum absolute atomic E-state index is 5.25. The SMILES string of the molecule is c1ccc(-c2ccc(-c3cccc(-n4c5ccc(-c6ccc7c(c6)n6c8ccccc8nc6n7-c6cccc(-c7ccccc7)c6)cc5n5c6ccccc6nc45)c3)cc2)cc1. The van der Waals surface area contributed by atoms with Gasteiger partial charge in [0.15, 0.2) is 0 Å². The second kappa shape index (κ2) is 13.5. The number of benzene rings is 9. The molecule has 4 aromatic heterocycles. The van der Waals surface area contributed by atoms with Crippen molar-refractivity contribution >= 4 is 55.7 Å². The molecule has 0 aliphatic carbocycles. The molecule has 0 radical (unpaired) electrons. The van der Waals surface area contributed by atoms with Crippen molar-refractivity contribution in [2.75, 3.05) is 0 Å². The number of hydrogen-bond acceptors (Lipinski definition) is 2. The number of hydrogen-bond donors (Lipinski definition) is 0. The molecular weight excluding hydrogens is 757 g/mol. The summed E-state index contributed by atoms with van der Waals surface area (Å²) in [7, 11) is 0. The molecule has 0 aliphatic rings. The first-order valence-electron chi connectivity index (χ1n) is 21.0.